The average molecular weight is 290 g/mol. The van der Waals surface area contributed by atoms with Crippen molar-refractivity contribution in [2.45, 2.75) is 17.9 Å². The predicted molar refractivity (Wildman–Crippen MR) is 81.2 cm³/mol. The molecule has 0 heterocycles. The van der Waals surface area contributed by atoms with E-state index in [0.717, 1.165) is 5.69 Å². The maximum Gasteiger partial charge on any atom is 0.240 e. The molecule has 2 aromatic carbocycles. The summed E-state index contributed by atoms with van der Waals surface area (Å²) < 4.78 is 25.5. The van der Waals surface area contributed by atoms with E-state index in [2.05, 4.69) is 29.1 Å². The van der Waals surface area contributed by atoms with Gasteiger partial charge in [0, 0.05) is 11.7 Å². The lowest BCUT2D eigenvalue weighted by atomic mass is 10.1. The van der Waals surface area contributed by atoms with Crippen molar-refractivity contribution < 1.29 is 8.42 Å². The Kier molecular flexibility index (Phi) is 4.42. The molecule has 0 bridgehead atoms. The molecule has 0 aliphatic rings. The summed E-state index contributed by atoms with van der Waals surface area (Å²) in [6.45, 7) is 2.06. The molecular weight excluding hydrogens is 272 g/mol. The third kappa shape index (κ3) is 3.37. The molecule has 0 aliphatic carbocycles. The predicted octanol–water partition coefficient (Wildman–Crippen LogP) is 2.77. The maximum absolute atomic E-state index is 11.6. The summed E-state index contributed by atoms with van der Waals surface area (Å²) in [5, 5.41) is 3.34. The van der Waals surface area contributed by atoms with Crippen LogP contribution in [0.15, 0.2) is 59.5 Å². The van der Waals surface area contributed by atoms with Crippen molar-refractivity contribution in [3.05, 3.63) is 60.2 Å². The molecule has 0 saturated carbocycles. The Bertz CT molecular complexity index is 652. The van der Waals surface area contributed by atoms with Crippen molar-refractivity contribution in [3.8, 4) is 0 Å². The molecule has 4 nitrogen and oxygen atoms in total. The standard InChI is InChI=1S/C15H18N2O2S/c1-12(13-6-4-3-5-7-13)17-14-8-10-15(11-9-14)20(18,19)16-2/h3-12,16-17H,1-2H3. The summed E-state index contributed by atoms with van der Waals surface area (Å²) in [7, 11) is -1.97. The second-order valence-corrected chi connectivity index (χ2v) is 6.40. The van der Waals surface area contributed by atoms with E-state index in [4.69, 9.17) is 0 Å². The van der Waals surface area contributed by atoms with Crippen LogP contribution >= 0.6 is 0 Å². The first-order valence-corrected chi connectivity index (χ1v) is 7.86. The van der Waals surface area contributed by atoms with Gasteiger partial charge in [-0.3, -0.25) is 0 Å². The van der Waals surface area contributed by atoms with Gasteiger partial charge in [0.05, 0.1) is 4.90 Å². The van der Waals surface area contributed by atoms with Crippen LogP contribution in [-0.2, 0) is 10.0 Å². The van der Waals surface area contributed by atoms with Gasteiger partial charge in [-0.05, 0) is 43.8 Å². The van der Waals surface area contributed by atoms with Gasteiger partial charge >= 0.3 is 0 Å². The van der Waals surface area contributed by atoms with Crippen LogP contribution in [0.3, 0.4) is 0 Å². The highest BCUT2D eigenvalue weighted by molar-refractivity contribution is 7.89. The normalized spacial score (nSPS) is 12.9. The minimum absolute atomic E-state index is 0.156. The maximum atomic E-state index is 11.6. The Hall–Kier alpha value is -1.85. The van der Waals surface area contributed by atoms with Crippen molar-refractivity contribution >= 4 is 15.7 Å². The Balaban J connectivity index is 2.12. The highest BCUT2D eigenvalue weighted by atomic mass is 32.2. The molecule has 106 valence electrons. The Morgan fingerprint density at radius 3 is 2.10 bits per heavy atom. The third-order valence-electron chi connectivity index (χ3n) is 3.12. The summed E-state index contributed by atoms with van der Waals surface area (Å²) in [5.74, 6) is 0. The minimum atomic E-state index is -3.37. The van der Waals surface area contributed by atoms with E-state index in [-0.39, 0.29) is 10.9 Å². The zero-order chi connectivity index (χ0) is 14.6. The molecule has 2 N–H and O–H groups in total. The van der Waals surface area contributed by atoms with Crippen LogP contribution in [0.5, 0.6) is 0 Å². The van der Waals surface area contributed by atoms with Crippen molar-refractivity contribution in [1.82, 2.24) is 4.72 Å². The van der Waals surface area contributed by atoms with Gasteiger partial charge in [0.2, 0.25) is 10.0 Å². The molecular formula is C15H18N2O2S. The molecule has 0 aromatic heterocycles. The Labute approximate surface area is 119 Å². The van der Waals surface area contributed by atoms with Crippen LogP contribution in [0.4, 0.5) is 5.69 Å². The second kappa shape index (κ2) is 6.07. The molecule has 0 spiro atoms. The van der Waals surface area contributed by atoms with Gasteiger partial charge in [0.25, 0.3) is 0 Å². The quantitative estimate of drug-likeness (QED) is 0.890. The number of hydrogen-bond acceptors (Lipinski definition) is 3. The first-order chi connectivity index (χ1) is 9.53. The zero-order valence-electron chi connectivity index (χ0n) is 11.5. The van der Waals surface area contributed by atoms with E-state index >= 15 is 0 Å². The Morgan fingerprint density at radius 1 is 0.950 bits per heavy atom. The number of sulfonamides is 1. The average Bonchev–Trinajstić information content (AvgIpc) is 2.48. The lowest BCUT2D eigenvalue weighted by molar-refractivity contribution is 0.588. The number of benzene rings is 2. The largest absolute Gasteiger partial charge is 0.379 e. The van der Waals surface area contributed by atoms with Gasteiger partial charge in [0.1, 0.15) is 0 Å². The second-order valence-electron chi connectivity index (χ2n) is 4.51. The molecule has 1 unspecified atom stereocenters. The van der Waals surface area contributed by atoms with Crippen molar-refractivity contribution in [3.63, 3.8) is 0 Å². The molecule has 1 atom stereocenters. The minimum Gasteiger partial charge on any atom is -0.379 e. The number of nitrogens with one attached hydrogen (secondary N) is 2. The summed E-state index contributed by atoms with van der Waals surface area (Å²) in [6.07, 6.45) is 0. The number of anilines is 1. The van der Waals surface area contributed by atoms with Crippen molar-refractivity contribution in [1.29, 1.82) is 0 Å². The van der Waals surface area contributed by atoms with Crippen LogP contribution in [0, 0.1) is 0 Å². The van der Waals surface area contributed by atoms with Crippen LogP contribution in [0.1, 0.15) is 18.5 Å². The molecule has 0 radical (unpaired) electrons. The van der Waals surface area contributed by atoms with Gasteiger partial charge in [-0.25, -0.2) is 13.1 Å². The molecule has 2 aromatic rings. The highest BCUT2D eigenvalue weighted by Crippen LogP contribution is 2.20. The van der Waals surface area contributed by atoms with Gasteiger partial charge in [-0.15, -0.1) is 0 Å². The molecule has 0 saturated heterocycles. The van der Waals surface area contributed by atoms with Crippen molar-refractivity contribution in [2.24, 2.45) is 0 Å². The number of hydrogen-bond donors (Lipinski definition) is 2. The fourth-order valence-electron chi connectivity index (χ4n) is 1.92. The van der Waals surface area contributed by atoms with Crippen LogP contribution < -0.4 is 10.0 Å². The van der Waals surface area contributed by atoms with E-state index in [1.54, 1.807) is 24.3 Å². The van der Waals surface area contributed by atoms with E-state index < -0.39 is 10.0 Å². The summed E-state index contributed by atoms with van der Waals surface area (Å²) in [5.41, 5.74) is 2.07. The molecule has 0 amide bonds. The third-order valence-corrected chi connectivity index (χ3v) is 4.55. The number of rotatable bonds is 5. The van der Waals surface area contributed by atoms with Crippen LogP contribution in [-0.4, -0.2) is 15.5 Å². The van der Waals surface area contributed by atoms with Gasteiger partial charge < -0.3 is 5.32 Å². The lowest BCUT2D eigenvalue weighted by Crippen LogP contribution is -2.18. The van der Waals surface area contributed by atoms with Gasteiger partial charge in [0.15, 0.2) is 0 Å². The summed E-state index contributed by atoms with van der Waals surface area (Å²) >= 11 is 0. The Morgan fingerprint density at radius 2 is 1.55 bits per heavy atom. The van der Waals surface area contributed by atoms with Crippen LogP contribution in [0.25, 0.3) is 0 Å². The fourth-order valence-corrected chi connectivity index (χ4v) is 2.65. The van der Waals surface area contributed by atoms with Crippen LogP contribution in [0.2, 0.25) is 0 Å². The van der Waals surface area contributed by atoms with Gasteiger partial charge in [-0.2, -0.15) is 0 Å². The molecule has 0 fully saturated rings. The van der Waals surface area contributed by atoms with E-state index in [9.17, 15) is 8.42 Å². The molecule has 0 aliphatic heterocycles. The SMILES string of the molecule is CNS(=O)(=O)c1ccc(NC(C)c2ccccc2)cc1. The summed E-state index contributed by atoms with van der Waals surface area (Å²) in [4.78, 5) is 0.262. The molecule has 2 rings (SSSR count). The van der Waals surface area contributed by atoms with E-state index in [0.29, 0.717) is 0 Å². The lowest BCUT2D eigenvalue weighted by Gasteiger charge is -2.16. The highest BCUT2D eigenvalue weighted by Gasteiger charge is 2.11. The molecule has 20 heavy (non-hydrogen) atoms. The first kappa shape index (κ1) is 14.6. The fraction of sp³-hybridized carbons (Fsp3) is 0.200. The smallest absolute Gasteiger partial charge is 0.240 e. The summed E-state index contributed by atoms with van der Waals surface area (Å²) in [6, 6.07) is 16.9. The first-order valence-electron chi connectivity index (χ1n) is 6.38. The van der Waals surface area contributed by atoms with Gasteiger partial charge in [-0.1, -0.05) is 30.3 Å². The zero-order valence-corrected chi connectivity index (χ0v) is 12.3. The van der Waals surface area contributed by atoms with Crippen molar-refractivity contribution in [2.75, 3.05) is 12.4 Å². The van der Waals surface area contributed by atoms with E-state index in [1.807, 2.05) is 18.2 Å². The topological polar surface area (TPSA) is 58.2 Å². The van der Waals surface area contributed by atoms with E-state index in [1.165, 1.54) is 12.6 Å². The monoisotopic (exact) mass is 290 g/mol. The molecule has 5 heteroatoms.